The molecule has 136 valence electrons. The largest absolute Gasteiger partial charge is 0.368 e. The molecule has 0 aliphatic heterocycles. The second kappa shape index (κ2) is 9.67. The molecule has 0 aromatic heterocycles. The number of nitrogens with one attached hydrogen (secondary N) is 2. The molecule has 2 nitrogen and oxygen atoms in total. The maximum absolute atomic E-state index is 4.15. The summed E-state index contributed by atoms with van der Waals surface area (Å²) in [5.74, 6) is 0.779. The first kappa shape index (κ1) is 19.6. The van der Waals surface area contributed by atoms with Gasteiger partial charge < -0.3 is 10.6 Å². The molecule has 26 heavy (non-hydrogen) atoms. The molecule has 2 aromatic rings. The highest BCUT2D eigenvalue weighted by molar-refractivity contribution is 5.75. The smallest absolute Gasteiger partial charge is 0.0959 e. The minimum Gasteiger partial charge on any atom is -0.368 e. The number of anilines is 1. The topological polar surface area (TPSA) is 24.1 Å². The van der Waals surface area contributed by atoms with E-state index in [1.54, 1.807) is 0 Å². The fourth-order valence-corrected chi connectivity index (χ4v) is 2.81. The molecule has 0 bridgehead atoms. The maximum Gasteiger partial charge on any atom is 0.0959 e. The summed E-state index contributed by atoms with van der Waals surface area (Å²) in [6, 6.07) is 16.8. The van der Waals surface area contributed by atoms with Crippen LogP contribution in [0.1, 0.15) is 49.8 Å². The van der Waals surface area contributed by atoms with Crippen LogP contribution in [0.15, 0.2) is 74.1 Å². The van der Waals surface area contributed by atoms with Crippen molar-refractivity contribution < 1.29 is 0 Å². The predicted molar refractivity (Wildman–Crippen MR) is 116 cm³/mol. The third-order valence-corrected chi connectivity index (χ3v) is 4.44. The van der Waals surface area contributed by atoms with Gasteiger partial charge in [-0.15, -0.1) is 0 Å². The molecule has 2 aromatic carbocycles. The molecule has 0 unspecified atom stereocenters. The highest BCUT2D eigenvalue weighted by atomic mass is 15.1. The minimum absolute atomic E-state index is 0.725. The van der Waals surface area contributed by atoms with Gasteiger partial charge in [-0.25, -0.2) is 0 Å². The van der Waals surface area contributed by atoms with Gasteiger partial charge >= 0.3 is 0 Å². The van der Waals surface area contributed by atoms with E-state index in [9.17, 15) is 0 Å². The zero-order valence-electron chi connectivity index (χ0n) is 16.1. The molecule has 0 atom stereocenters. The molecule has 0 radical (unpaired) electrons. The van der Waals surface area contributed by atoms with E-state index in [2.05, 4.69) is 80.6 Å². The Morgan fingerprint density at radius 2 is 1.58 bits per heavy atom. The van der Waals surface area contributed by atoms with Crippen LogP contribution in [-0.4, -0.2) is 0 Å². The Morgan fingerprint density at radius 3 is 2.23 bits per heavy atom. The molecule has 0 amide bonds. The molecule has 0 aliphatic carbocycles. The van der Waals surface area contributed by atoms with Crippen LogP contribution in [-0.2, 0) is 6.54 Å². The van der Waals surface area contributed by atoms with Gasteiger partial charge in [0.25, 0.3) is 0 Å². The molecule has 2 rings (SSSR count). The van der Waals surface area contributed by atoms with Crippen molar-refractivity contribution in [2.24, 2.45) is 0 Å². The fourth-order valence-electron chi connectivity index (χ4n) is 2.81. The highest BCUT2D eigenvalue weighted by Crippen LogP contribution is 2.25. The highest BCUT2D eigenvalue weighted by Gasteiger charge is 2.05. The van der Waals surface area contributed by atoms with Crippen molar-refractivity contribution in [1.82, 2.24) is 5.32 Å². The first-order valence-electron chi connectivity index (χ1n) is 9.29. The summed E-state index contributed by atoms with van der Waals surface area (Å²) in [7, 11) is 0. The Bertz CT molecular complexity index is 769. The monoisotopic (exact) mass is 346 g/mol. The molecule has 2 heteroatoms. The van der Waals surface area contributed by atoms with Crippen LogP contribution >= 0.6 is 0 Å². The summed E-state index contributed by atoms with van der Waals surface area (Å²) in [6.07, 6.45) is 3.09. The maximum atomic E-state index is 4.15. The van der Waals surface area contributed by atoms with E-state index in [4.69, 9.17) is 0 Å². The second-order valence-electron chi connectivity index (χ2n) is 6.51. The predicted octanol–water partition coefficient (Wildman–Crippen LogP) is 6.60. The molecule has 0 spiro atoms. The van der Waals surface area contributed by atoms with Gasteiger partial charge in [-0.3, -0.25) is 0 Å². The van der Waals surface area contributed by atoms with Crippen molar-refractivity contribution >= 4 is 16.8 Å². The van der Waals surface area contributed by atoms with Gasteiger partial charge in [0.2, 0.25) is 0 Å². The van der Waals surface area contributed by atoms with Gasteiger partial charge in [-0.1, -0.05) is 82.5 Å². The van der Waals surface area contributed by atoms with Crippen LogP contribution in [0.25, 0.3) is 11.1 Å². The SMILES string of the molecule is C=C(NCc1ccc(C(=C)CCC)cc1)Nc1ccccc1C(=C)CC. The lowest BCUT2D eigenvalue weighted by Gasteiger charge is -2.16. The first-order chi connectivity index (χ1) is 12.5. The van der Waals surface area contributed by atoms with Gasteiger partial charge in [-0.05, 0) is 41.2 Å². The molecule has 0 heterocycles. The van der Waals surface area contributed by atoms with Crippen molar-refractivity contribution in [1.29, 1.82) is 0 Å². The van der Waals surface area contributed by atoms with E-state index in [0.29, 0.717) is 0 Å². The van der Waals surface area contributed by atoms with Crippen molar-refractivity contribution in [3.05, 3.63) is 90.8 Å². The number of hydrogen-bond acceptors (Lipinski definition) is 2. The van der Waals surface area contributed by atoms with E-state index < -0.39 is 0 Å². The lowest BCUT2D eigenvalue weighted by Crippen LogP contribution is -2.18. The zero-order chi connectivity index (χ0) is 18.9. The molecular formula is C24H30N2. The van der Waals surface area contributed by atoms with E-state index in [-0.39, 0.29) is 0 Å². The van der Waals surface area contributed by atoms with Gasteiger partial charge in [0.05, 0.1) is 5.82 Å². The summed E-state index contributed by atoms with van der Waals surface area (Å²) in [4.78, 5) is 0. The van der Waals surface area contributed by atoms with Gasteiger partial charge in [-0.2, -0.15) is 0 Å². The van der Waals surface area contributed by atoms with Gasteiger partial charge in [0.15, 0.2) is 0 Å². The zero-order valence-corrected chi connectivity index (χ0v) is 16.1. The van der Waals surface area contributed by atoms with Crippen LogP contribution in [0.2, 0.25) is 0 Å². The van der Waals surface area contributed by atoms with Crippen molar-refractivity contribution in [2.45, 2.75) is 39.7 Å². The molecule has 0 saturated heterocycles. The average molecular weight is 347 g/mol. The van der Waals surface area contributed by atoms with Crippen molar-refractivity contribution in [3.63, 3.8) is 0 Å². The summed E-state index contributed by atoms with van der Waals surface area (Å²) in [5, 5.41) is 6.71. The van der Waals surface area contributed by atoms with Crippen LogP contribution in [0, 0.1) is 0 Å². The number of rotatable bonds is 10. The number of benzene rings is 2. The van der Waals surface area contributed by atoms with Crippen molar-refractivity contribution in [3.8, 4) is 0 Å². The number of para-hydroxylation sites is 1. The van der Waals surface area contributed by atoms with E-state index in [0.717, 1.165) is 48.5 Å². The van der Waals surface area contributed by atoms with E-state index >= 15 is 0 Å². The Hall–Kier alpha value is -2.74. The third kappa shape index (κ3) is 5.38. The van der Waals surface area contributed by atoms with E-state index in [1.807, 2.05) is 12.1 Å². The Balaban J connectivity index is 1.93. The number of allylic oxidation sites excluding steroid dienone is 2. The van der Waals surface area contributed by atoms with Crippen molar-refractivity contribution in [2.75, 3.05) is 5.32 Å². The third-order valence-electron chi connectivity index (χ3n) is 4.44. The lowest BCUT2D eigenvalue weighted by molar-refractivity contribution is 0.820. The summed E-state index contributed by atoms with van der Waals surface area (Å²) < 4.78 is 0. The minimum atomic E-state index is 0.725. The normalized spacial score (nSPS) is 10.2. The fraction of sp³-hybridized carbons (Fsp3) is 0.250. The number of hydrogen-bond donors (Lipinski definition) is 2. The van der Waals surface area contributed by atoms with Gasteiger partial charge in [0.1, 0.15) is 0 Å². The van der Waals surface area contributed by atoms with Crippen LogP contribution in [0.5, 0.6) is 0 Å². The quantitative estimate of drug-likeness (QED) is 0.506. The summed E-state index contributed by atoms with van der Waals surface area (Å²) in [5.41, 5.74) is 6.92. The first-order valence-corrected chi connectivity index (χ1v) is 9.29. The molecular weight excluding hydrogens is 316 g/mol. The Kier molecular flexibility index (Phi) is 7.28. The Labute approximate surface area is 158 Å². The van der Waals surface area contributed by atoms with Crippen LogP contribution in [0.4, 0.5) is 5.69 Å². The Morgan fingerprint density at radius 1 is 0.885 bits per heavy atom. The molecule has 0 saturated carbocycles. The van der Waals surface area contributed by atoms with Crippen LogP contribution in [0.3, 0.4) is 0 Å². The molecule has 0 fully saturated rings. The second-order valence-corrected chi connectivity index (χ2v) is 6.51. The summed E-state index contributed by atoms with van der Waals surface area (Å²) >= 11 is 0. The van der Waals surface area contributed by atoms with E-state index in [1.165, 1.54) is 16.7 Å². The average Bonchev–Trinajstić information content (AvgIpc) is 2.67. The molecule has 0 aliphatic rings. The molecule has 2 N–H and O–H groups in total. The lowest BCUT2D eigenvalue weighted by atomic mass is 10.0. The standard InChI is InChI=1S/C24H30N2/c1-6-10-19(4)22-15-13-21(14-16-22)17-25-20(5)26-24-12-9-8-11-23(24)18(3)7-2/h8-9,11-16,25-26H,3-7,10,17H2,1-2H3. The van der Waals surface area contributed by atoms with Gasteiger partial charge in [0, 0.05) is 17.8 Å². The van der Waals surface area contributed by atoms with Crippen LogP contribution < -0.4 is 10.6 Å². The summed E-state index contributed by atoms with van der Waals surface area (Å²) in [6.45, 7) is 17.4.